The quantitative estimate of drug-likeness (QED) is 0.612. The van der Waals surface area contributed by atoms with E-state index in [1.807, 2.05) is 13.8 Å². The second-order valence-electron chi connectivity index (χ2n) is 3.76. The molecule has 0 radical (unpaired) electrons. The van der Waals surface area contributed by atoms with Crippen molar-refractivity contribution in [3.63, 3.8) is 0 Å². The van der Waals surface area contributed by atoms with Crippen LogP contribution < -0.4 is 0 Å². The molecule has 1 aromatic carbocycles. The Kier molecular flexibility index (Phi) is 5.61. The zero-order valence-corrected chi connectivity index (χ0v) is 11.3. The van der Waals surface area contributed by atoms with Crippen molar-refractivity contribution in [1.82, 2.24) is 0 Å². The lowest BCUT2D eigenvalue weighted by molar-refractivity contribution is 0.590. The molecule has 0 saturated carbocycles. The molecule has 1 aromatic rings. The monoisotopic (exact) mass is 290 g/mol. The maximum absolute atomic E-state index is 2.32. The molecule has 0 spiro atoms. The van der Waals surface area contributed by atoms with Crippen molar-refractivity contribution < 1.29 is 0 Å². The Hall–Kier alpha value is -0.0500. The third kappa shape index (κ3) is 4.65. The van der Waals surface area contributed by atoms with Gasteiger partial charge in [0.05, 0.1) is 0 Å². The smallest absolute Gasteiger partial charge is 0.0130 e. The molecule has 0 amide bonds. The van der Waals surface area contributed by atoms with Crippen molar-refractivity contribution in [1.29, 1.82) is 0 Å². The second-order valence-corrected chi connectivity index (χ2v) is 5.00. The molecule has 13 heavy (non-hydrogen) atoms. The summed E-state index contributed by atoms with van der Waals surface area (Å²) in [6.07, 6.45) is 0. The third-order valence-electron chi connectivity index (χ3n) is 1.71. The predicted octanol–water partition coefficient (Wildman–Crippen LogP) is 4.61. The van der Waals surface area contributed by atoms with E-state index >= 15 is 0 Å². The molecule has 1 rings (SSSR count). The third-order valence-corrected chi connectivity index (χ3v) is 2.43. The first kappa shape index (κ1) is 12.9. The molecule has 0 fully saturated rings. The van der Waals surface area contributed by atoms with Gasteiger partial charge in [0.15, 0.2) is 0 Å². The SMILES string of the molecule is CC.CC(C)(C)c1ccc(I)cc1. The minimum atomic E-state index is 0.282. The molecular formula is C12H19I. The van der Waals surface area contributed by atoms with Gasteiger partial charge >= 0.3 is 0 Å². The van der Waals surface area contributed by atoms with E-state index in [1.54, 1.807) is 0 Å². The first-order chi connectivity index (χ1) is 6.00. The van der Waals surface area contributed by atoms with Crippen molar-refractivity contribution >= 4 is 22.6 Å². The van der Waals surface area contributed by atoms with E-state index in [1.165, 1.54) is 9.13 Å². The average molecular weight is 290 g/mol. The standard InChI is InChI=1S/C10H13I.C2H6/c1-10(2,3)8-4-6-9(11)7-5-8;1-2/h4-7H,1-3H3;1-2H3. The van der Waals surface area contributed by atoms with Crippen molar-refractivity contribution in [2.45, 2.75) is 40.0 Å². The molecule has 0 unspecified atom stereocenters. The fourth-order valence-electron chi connectivity index (χ4n) is 0.950. The fourth-order valence-corrected chi connectivity index (χ4v) is 1.31. The number of hydrogen-bond donors (Lipinski definition) is 0. The lowest BCUT2D eigenvalue weighted by Crippen LogP contribution is -2.10. The Balaban J connectivity index is 0.000000671. The summed E-state index contributed by atoms with van der Waals surface area (Å²) >= 11 is 2.32. The molecule has 0 heterocycles. The van der Waals surface area contributed by atoms with Crippen LogP contribution in [0.3, 0.4) is 0 Å². The van der Waals surface area contributed by atoms with Gasteiger partial charge in [-0.1, -0.05) is 46.8 Å². The minimum Gasteiger partial charge on any atom is -0.0683 e. The average Bonchev–Trinajstić information content (AvgIpc) is 2.07. The molecule has 0 bridgehead atoms. The van der Waals surface area contributed by atoms with Crippen molar-refractivity contribution in [2.24, 2.45) is 0 Å². The first-order valence-corrected chi connectivity index (χ1v) is 5.84. The normalized spacial score (nSPS) is 10.3. The van der Waals surface area contributed by atoms with Gasteiger partial charge in [0, 0.05) is 3.57 Å². The number of halogens is 1. The van der Waals surface area contributed by atoms with Gasteiger partial charge < -0.3 is 0 Å². The van der Waals surface area contributed by atoms with Crippen molar-refractivity contribution in [3.8, 4) is 0 Å². The van der Waals surface area contributed by atoms with Gasteiger partial charge in [0.1, 0.15) is 0 Å². The largest absolute Gasteiger partial charge is 0.0683 e. The summed E-state index contributed by atoms with van der Waals surface area (Å²) in [6, 6.07) is 8.70. The van der Waals surface area contributed by atoms with E-state index in [-0.39, 0.29) is 5.41 Å². The maximum Gasteiger partial charge on any atom is 0.0130 e. The Morgan fingerprint density at radius 2 is 1.31 bits per heavy atom. The summed E-state index contributed by atoms with van der Waals surface area (Å²) in [5.74, 6) is 0. The van der Waals surface area contributed by atoms with Crippen LogP contribution in [0, 0.1) is 3.57 Å². The van der Waals surface area contributed by atoms with Crippen LogP contribution in [0.1, 0.15) is 40.2 Å². The van der Waals surface area contributed by atoms with E-state index in [9.17, 15) is 0 Å². The lowest BCUT2D eigenvalue weighted by atomic mass is 9.87. The molecule has 0 atom stereocenters. The van der Waals surface area contributed by atoms with E-state index in [0.29, 0.717) is 0 Å². The summed E-state index contributed by atoms with van der Waals surface area (Å²) in [6.45, 7) is 10.7. The molecular weight excluding hydrogens is 271 g/mol. The Labute approximate surface area is 95.9 Å². The van der Waals surface area contributed by atoms with Crippen molar-refractivity contribution in [3.05, 3.63) is 33.4 Å². The first-order valence-electron chi connectivity index (χ1n) is 4.76. The summed E-state index contributed by atoms with van der Waals surface area (Å²) in [5.41, 5.74) is 1.68. The van der Waals surface area contributed by atoms with Crippen LogP contribution in [0.4, 0.5) is 0 Å². The highest BCUT2D eigenvalue weighted by Crippen LogP contribution is 2.22. The summed E-state index contributed by atoms with van der Waals surface area (Å²) < 4.78 is 1.30. The van der Waals surface area contributed by atoms with Crippen LogP contribution in [-0.2, 0) is 5.41 Å². The van der Waals surface area contributed by atoms with Gasteiger partial charge in [-0.25, -0.2) is 0 Å². The molecule has 0 aliphatic carbocycles. The van der Waals surface area contributed by atoms with Gasteiger partial charge in [-0.2, -0.15) is 0 Å². The lowest BCUT2D eigenvalue weighted by Gasteiger charge is -2.18. The van der Waals surface area contributed by atoms with Gasteiger partial charge in [-0.3, -0.25) is 0 Å². The molecule has 0 saturated heterocycles. The predicted molar refractivity (Wildman–Crippen MR) is 69.2 cm³/mol. The van der Waals surface area contributed by atoms with E-state index < -0.39 is 0 Å². The Bertz CT molecular complexity index is 228. The van der Waals surface area contributed by atoms with Crippen LogP contribution in [0.15, 0.2) is 24.3 Å². The number of hydrogen-bond acceptors (Lipinski definition) is 0. The van der Waals surface area contributed by atoms with Gasteiger partial charge in [-0.05, 0) is 45.7 Å². The molecule has 0 N–H and O–H groups in total. The van der Waals surface area contributed by atoms with Gasteiger partial charge in [0.25, 0.3) is 0 Å². The summed E-state index contributed by atoms with van der Waals surface area (Å²) in [4.78, 5) is 0. The summed E-state index contributed by atoms with van der Waals surface area (Å²) in [7, 11) is 0. The van der Waals surface area contributed by atoms with Crippen LogP contribution in [0.5, 0.6) is 0 Å². The molecule has 0 aromatic heterocycles. The molecule has 1 heteroatoms. The molecule has 74 valence electrons. The second kappa shape index (κ2) is 5.63. The van der Waals surface area contributed by atoms with Gasteiger partial charge in [-0.15, -0.1) is 0 Å². The summed E-state index contributed by atoms with van der Waals surface area (Å²) in [5, 5.41) is 0. The highest BCUT2D eigenvalue weighted by Gasteiger charge is 2.11. The number of benzene rings is 1. The maximum atomic E-state index is 2.32. The van der Waals surface area contributed by atoms with Crippen LogP contribution in [0.2, 0.25) is 0 Å². The fraction of sp³-hybridized carbons (Fsp3) is 0.500. The Morgan fingerprint density at radius 1 is 0.923 bits per heavy atom. The molecule has 0 nitrogen and oxygen atoms in total. The topological polar surface area (TPSA) is 0 Å². The molecule has 0 aliphatic rings. The van der Waals surface area contributed by atoms with E-state index in [2.05, 4.69) is 67.6 Å². The van der Waals surface area contributed by atoms with Gasteiger partial charge in [0.2, 0.25) is 0 Å². The highest BCUT2D eigenvalue weighted by atomic mass is 127. The van der Waals surface area contributed by atoms with E-state index in [4.69, 9.17) is 0 Å². The van der Waals surface area contributed by atoms with Crippen LogP contribution in [0.25, 0.3) is 0 Å². The Morgan fingerprint density at radius 3 is 1.62 bits per heavy atom. The molecule has 0 aliphatic heterocycles. The minimum absolute atomic E-state index is 0.282. The van der Waals surface area contributed by atoms with Crippen LogP contribution in [-0.4, -0.2) is 0 Å². The van der Waals surface area contributed by atoms with Crippen LogP contribution >= 0.6 is 22.6 Å². The zero-order chi connectivity index (χ0) is 10.5. The number of rotatable bonds is 0. The van der Waals surface area contributed by atoms with Crippen molar-refractivity contribution in [2.75, 3.05) is 0 Å². The highest BCUT2D eigenvalue weighted by molar-refractivity contribution is 14.1. The zero-order valence-electron chi connectivity index (χ0n) is 9.19. The van der Waals surface area contributed by atoms with E-state index in [0.717, 1.165) is 0 Å².